The lowest BCUT2D eigenvalue weighted by Crippen LogP contribution is -2.44. The Morgan fingerprint density at radius 2 is 1.94 bits per heavy atom. The van der Waals surface area contributed by atoms with E-state index in [2.05, 4.69) is 22.5 Å². The van der Waals surface area contributed by atoms with E-state index in [0.717, 1.165) is 54.9 Å². The first kappa shape index (κ1) is 22.3. The SMILES string of the molecule is CNC(=O)c1cccc(-c2ccc3c(N4CC5CCC(C4)O5)nc([C@H]4OCCNC4C)nc3n2)c1. The van der Waals surface area contributed by atoms with Crippen LogP contribution in [-0.2, 0) is 9.47 Å². The van der Waals surface area contributed by atoms with Gasteiger partial charge in [0.2, 0.25) is 0 Å². The molecule has 0 aliphatic carbocycles. The Balaban J connectivity index is 1.45. The van der Waals surface area contributed by atoms with Crippen LogP contribution in [0.3, 0.4) is 0 Å². The summed E-state index contributed by atoms with van der Waals surface area (Å²) in [4.78, 5) is 29.4. The van der Waals surface area contributed by atoms with Crippen molar-refractivity contribution >= 4 is 22.8 Å². The molecule has 182 valence electrons. The fourth-order valence-electron chi connectivity index (χ4n) is 5.31. The minimum atomic E-state index is -0.244. The number of morpholine rings is 2. The van der Waals surface area contributed by atoms with Crippen molar-refractivity contribution in [2.75, 3.05) is 38.2 Å². The van der Waals surface area contributed by atoms with Gasteiger partial charge in [0.05, 0.1) is 29.9 Å². The number of rotatable bonds is 4. The lowest BCUT2D eigenvalue weighted by Gasteiger charge is -2.34. The molecule has 9 nitrogen and oxygen atoms in total. The molecule has 3 unspecified atom stereocenters. The van der Waals surface area contributed by atoms with Gasteiger partial charge in [-0.2, -0.15) is 0 Å². The molecule has 6 rings (SSSR count). The van der Waals surface area contributed by atoms with Crippen LogP contribution < -0.4 is 15.5 Å². The Hall–Kier alpha value is -3.14. The predicted octanol–water partition coefficient (Wildman–Crippen LogP) is 2.47. The molecule has 3 aromatic rings. The lowest BCUT2D eigenvalue weighted by atomic mass is 10.1. The molecule has 1 amide bonds. The number of nitrogens with zero attached hydrogens (tertiary/aromatic N) is 4. The standard InChI is InChI=1S/C26H30N6O3/c1-15-22(34-11-10-28-15)24-30-23-20(25(31-24)32-13-18-6-7-19(14-32)35-18)8-9-21(29-23)16-4-3-5-17(12-16)26(33)27-2/h3-5,8-9,12,15,18-19,22,28H,6-7,10-11,13-14H2,1-2H3,(H,27,33)/t15?,18?,19?,22-/m0/s1. The van der Waals surface area contributed by atoms with Gasteiger partial charge in [0.15, 0.2) is 11.5 Å². The van der Waals surface area contributed by atoms with Crippen LogP contribution in [-0.4, -0.2) is 72.4 Å². The van der Waals surface area contributed by atoms with Crippen molar-refractivity contribution in [3.05, 3.63) is 47.8 Å². The molecule has 0 radical (unpaired) electrons. The number of aromatic nitrogens is 3. The van der Waals surface area contributed by atoms with Crippen molar-refractivity contribution in [2.24, 2.45) is 0 Å². The van der Waals surface area contributed by atoms with Crippen LogP contribution in [0, 0.1) is 0 Å². The smallest absolute Gasteiger partial charge is 0.251 e. The van der Waals surface area contributed by atoms with E-state index < -0.39 is 0 Å². The molecular weight excluding hydrogens is 444 g/mol. The summed E-state index contributed by atoms with van der Waals surface area (Å²) < 4.78 is 12.2. The monoisotopic (exact) mass is 474 g/mol. The van der Waals surface area contributed by atoms with Crippen molar-refractivity contribution in [3.8, 4) is 11.3 Å². The maximum absolute atomic E-state index is 12.1. The first-order valence-electron chi connectivity index (χ1n) is 12.4. The number of benzene rings is 1. The highest BCUT2D eigenvalue weighted by Crippen LogP contribution is 2.34. The zero-order chi connectivity index (χ0) is 23.9. The first-order valence-corrected chi connectivity index (χ1v) is 12.4. The fourth-order valence-corrected chi connectivity index (χ4v) is 5.31. The molecule has 3 aliphatic heterocycles. The van der Waals surface area contributed by atoms with Gasteiger partial charge in [-0.25, -0.2) is 15.0 Å². The highest BCUT2D eigenvalue weighted by atomic mass is 16.5. The van der Waals surface area contributed by atoms with Crippen molar-refractivity contribution in [2.45, 2.75) is 44.1 Å². The van der Waals surface area contributed by atoms with E-state index in [0.29, 0.717) is 23.6 Å². The number of hydrogen-bond acceptors (Lipinski definition) is 8. The first-order chi connectivity index (χ1) is 17.1. The summed E-state index contributed by atoms with van der Waals surface area (Å²) in [6.07, 6.45) is 2.43. The summed E-state index contributed by atoms with van der Waals surface area (Å²) in [7, 11) is 1.63. The number of carbonyl (C=O) groups is 1. The molecule has 3 aliphatic rings. The second kappa shape index (κ2) is 9.14. The third kappa shape index (κ3) is 4.24. The van der Waals surface area contributed by atoms with Gasteiger partial charge in [-0.1, -0.05) is 12.1 Å². The molecule has 3 fully saturated rings. The Kier molecular flexibility index (Phi) is 5.83. The Morgan fingerprint density at radius 3 is 2.71 bits per heavy atom. The average molecular weight is 475 g/mol. The van der Waals surface area contributed by atoms with Crippen LogP contribution >= 0.6 is 0 Å². The summed E-state index contributed by atoms with van der Waals surface area (Å²) in [5.74, 6) is 1.41. The molecule has 2 aromatic heterocycles. The largest absolute Gasteiger partial charge is 0.371 e. The molecule has 35 heavy (non-hydrogen) atoms. The van der Waals surface area contributed by atoms with Crippen LogP contribution in [0.5, 0.6) is 0 Å². The number of ether oxygens (including phenoxy) is 2. The van der Waals surface area contributed by atoms with Crippen LogP contribution in [0.4, 0.5) is 5.82 Å². The highest BCUT2D eigenvalue weighted by molar-refractivity contribution is 5.95. The van der Waals surface area contributed by atoms with Gasteiger partial charge in [0.1, 0.15) is 11.9 Å². The van der Waals surface area contributed by atoms with E-state index in [1.165, 1.54) is 0 Å². The molecular formula is C26H30N6O3. The van der Waals surface area contributed by atoms with Crippen LogP contribution in [0.2, 0.25) is 0 Å². The Morgan fingerprint density at radius 1 is 1.11 bits per heavy atom. The number of pyridine rings is 1. The molecule has 2 N–H and O–H groups in total. The lowest BCUT2D eigenvalue weighted by molar-refractivity contribution is -0.00548. The predicted molar refractivity (Wildman–Crippen MR) is 132 cm³/mol. The van der Waals surface area contributed by atoms with E-state index in [1.54, 1.807) is 13.1 Å². The van der Waals surface area contributed by atoms with E-state index in [1.807, 2.05) is 30.3 Å². The number of amides is 1. The van der Waals surface area contributed by atoms with Gasteiger partial charge in [-0.15, -0.1) is 0 Å². The van der Waals surface area contributed by atoms with Crippen LogP contribution in [0.15, 0.2) is 36.4 Å². The van der Waals surface area contributed by atoms with Gasteiger partial charge in [0, 0.05) is 43.9 Å². The second-order valence-corrected chi connectivity index (χ2v) is 9.53. The van der Waals surface area contributed by atoms with Gasteiger partial charge in [-0.05, 0) is 44.0 Å². The Labute approximate surface area is 204 Å². The third-order valence-electron chi connectivity index (χ3n) is 7.12. The van der Waals surface area contributed by atoms with Gasteiger partial charge in [-0.3, -0.25) is 4.79 Å². The van der Waals surface area contributed by atoms with E-state index in [4.69, 9.17) is 24.4 Å². The van der Waals surface area contributed by atoms with Gasteiger partial charge >= 0.3 is 0 Å². The van der Waals surface area contributed by atoms with Crippen LogP contribution in [0.25, 0.3) is 22.3 Å². The zero-order valence-corrected chi connectivity index (χ0v) is 20.0. The highest BCUT2D eigenvalue weighted by Gasteiger charge is 2.36. The minimum Gasteiger partial charge on any atom is -0.371 e. The van der Waals surface area contributed by atoms with Gasteiger partial charge in [0.25, 0.3) is 5.91 Å². The number of anilines is 1. The van der Waals surface area contributed by atoms with Gasteiger partial charge < -0.3 is 25.0 Å². The van der Waals surface area contributed by atoms with E-state index >= 15 is 0 Å². The number of fused-ring (bicyclic) bond motifs is 3. The maximum atomic E-state index is 12.1. The summed E-state index contributed by atoms with van der Waals surface area (Å²) >= 11 is 0. The summed E-state index contributed by atoms with van der Waals surface area (Å²) in [6.45, 7) is 5.16. The maximum Gasteiger partial charge on any atom is 0.251 e. The molecule has 2 bridgehead atoms. The fraction of sp³-hybridized carbons (Fsp3) is 0.462. The number of carbonyl (C=O) groups excluding carboxylic acids is 1. The van der Waals surface area contributed by atoms with Crippen LogP contribution in [0.1, 0.15) is 42.1 Å². The third-order valence-corrected chi connectivity index (χ3v) is 7.12. The molecule has 1 aromatic carbocycles. The number of nitrogens with one attached hydrogen (secondary N) is 2. The normalized spacial score (nSPS) is 26.2. The topological polar surface area (TPSA) is 102 Å². The molecule has 0 saturated carbocycles. The summed E-state index contributed by atoms with van der Waals surface area (Å²) in [6, 6.07) is 11.6. The molecule has 4 atom stereocenters. The summed E-state index contributed by atoms with van der Waals surface area (Å²) in [5.41, 5.74) is 2.85. The van der Waals surface area contributed by atoms with Crippen molar-refractivity contribution in [1.29, 1.82) is 0 Å². The quantitative estimate of drug-likeness (QED) is 0.595. The molecule has 9 heteroatoms. The average Bonchev–Trinajstić information content (AvgIpc) is 3.24. The van der Waals surface area contributed by atoms with E-state index in [-0.39, 0.29) is 30.3 Å². The number of hydrogen-bond donors (Lipinski definition) is 2. The minimum absolute atomic E-state index is 0.0994. The molecule has 5 heterocycles. The van der Waals surface area contributed by atoms with Crippen molar-refractivity contribution < 1.29 is 14.3 Å². The molecule has 0 spiro atoms. The summed E-state index contributed by atoms with van der Waals surface area (Å²) in [5, 5.41) is 7.06. The zero-order valence-electron chi connectivity index (χ0n) is 20.0. The molecule has 3 saturated heterocycles. The van der Waals surface area contributed by atoms with Crippen molar-refractivity contribution in [3.63, 3.8) is 0 Å². The second-order valence-electron chi connectivity index (χ2n) is 9.53. The van der Waals surface area contributed by atoms with Crippen molar-refractivity contribution in [1.82, 2.24) is 25.6 Å². The van der Waals surface area contributed by atoms with E-state index in [9.17, 15) is 4.79 Å². The Bertz CT molecular complexity index is 1260.